The second-order valence-electron chi connectivity index (χ2n) is 4.92. The van der Waals surface area contributed by atoms with Gasteiger partial charge in [-0.1, -0.05) is 12.1 Å². The minimum Gasteiger partial charge on any atom is -0.375 e. The second kappa shape index (κ2) is 6.18. The van der Waals surface area contributed by atoms with Gasteiger partial charge in [-0.2, -0.15) is 5.26 Å². The molecule has 4 heteroatoms. The molecule has 0 unspecified atom stereocenters. The molecule has 1 rings (SSSR count). The van der Waals surface area contributed by atoms with Crippen LogP contribution in [0, 0.1) is 11.3 Å². The van der Waals surface area contributed by atoms with E-state index in [9.17, 15) is 4.79 Å². The molecule has 96 valence electrons. The van der Waals surface area contributed by atoms with E-state index >= 15 is 0 Å². The summed E-state index contributed by atoms with van der Waals surface area (Å²) in [5.41, 5.74) is 0.758. The molecule has 0 radical (unpaired) electrons. The quantitative estimate of drug-likeness (QED) is 0.888. The van der Waals surface area contributed by atoms with Gasteiger partial charge in [-0.05, 0) is 32.9 Å². The van der Waals surface area contributed by atoms with E-state index in [0.717, 1.165) is 0 Å². The van der Waals surface area contributed by atoms with Crippen LogP contribution in [0.2, 0.25) is 0 Å². The van der Waals surface area contributed by atoms with Crippen LogP contribution in [0.1, 0.15) is 32.8 Å². The Kier molecular flexibility index (Phi) is 4.87. The van der Waals surface area contributed by atoms with E-state index in [4.69, 9.17) is 10.00 Å². The third-order valence-electron chi connectivity index (χ3n) is 2.19. The Hall–Kier alpha value is -1.86. The van der Waals surface area contributed by atoms with Gasteiger partial charge in [-0.3, -0.25) is 4.79 Å². The van der Waals surface area contributed by atoms with E-state index in [1.807, 2.05) is 26.8 Å². The molecule has 0 bridgehead atoms. The van der Waals surface area contributed by atoms with Crippen molar-refractivity contribution < 1.29 is 9.53 Å². The predicted molar refractivity (Wildman–Crippen MR) is 70.1 cm³/mol. The van der Waals surface area contributed by atoms with Gasteiger partial charge in [0.2, 0.25) is 5.91 Å². The Balaban J connectivity index is 2.48. The number of para-hydroxylation sites is 1. The summed E-state index contributed by atoms with van der Waals surface area (Å²) in [6.07, 6.45) is 0.275. The topological polar surface area (TPSA) is 62.1 Å². The molecule has 4 nitrogen and oxygen atoms in total. The van der Waals surface area contributed by atoms with Gasteiger partial charge in [0.1, 0.15) is 6.07 Å². The predicted octanol–water partition coefficient (Wildman–Crippen LogP) is 2.70. The SMILES string of the molecule is CC(C)(C)OCCC(=O)Nc1ccccc1C#N. The molecule has 0 aliphatic carbocycles. The summed E-state index contributed by atoms with van der Waals surface area (Å²) >= 11 is 0. The molecule has 0 atom stereocenters. The number of hydrogen-bond donors (Lipinski definition) is 1. The van der Waals surface area contributed by atoms with E-state index in [0.29, 0.717) is 17.9 Å². The van der Waals surface area contributed by atoms with Crippen LogP contribution in [0.5, 0.6) is 0 Å². The lowest BCUT2D eigenvalue weighted by Gasteiger charge is -2.19. The molecule has 1 aromatic rings. The van der Waals surface area contributed by atoms with E-state index in [-0.39, 0.29) is 17.9 Å². The average molecular weight is 246 g/mol. The summed E-state index contributed by atoms with van der Waals surface area (Å²) in [6.45, 7) is 6.19. The molecule has 0 aromatic heterocycles. The van der Waals surface area contributed by atoms with Crippen LogP contribution in [0.4, 0.5) is 5.69 Å². The highest BCUT2D eigenvalue weighted by Crippen LogP contribution is 2.14. The average Bonchev–Trinajstić information content (AvgIpc) is 2.28. The van der Waals surface area contributed by atoms with Crippen molar-refractivity contribution in [2.75, 3.05) is 11.9 Å². The molecule has 0 aliphatic rings. The largest absolute Gasteiger partial charge is 0.375 e. The summed E-state index contributed by atoms with van der Waals surface area (Å²) in [6, 6.07) is 8.95. The molecule has 18 heavy (non-hydrogen) atoms. The van der Waals surface area contributed by atoms with E-state index in [1.54, 1.807) is 24.3 Å². The molecule has 0 spiro atoms. The Morgan fingerprint density at radius 3 is 2.67 bits per heavy atom. The molecule has 0 fully saturated rings. The second-order valence-corrected chi connectivity index (χ2v) is 4.92. The van der Waals surface area contributed by atoms with E-state index < -0.39 is 0 Å². The summed E-state index contributed by atoms with van der Waals surface area (Å²) in [5.74, 6) is -0.151. The number of rotatable bonds is 4. The van der Waals surface area contributed by atoms with Crippen LogP contribution in [-0.4, -0.2) is 18.1 Å². The number of nitriles is 1. The highest BCUT2D eigenvalue weighted by atomic mass is 16.5. The highest BCUT2D eigenvalue weighted by Gasteiger charge is 2.11. The zero-order valence-electron chi connectivity index (χ0n) is 11.0. The minimum atomic E-state index is -0.245. The molecule has 1 aromatic carbocycles. The van der Waals surface area contributed by atoms with Crippen molar-refractivity contribution in [3.63, 3.8) is 0 Å². The van der Waals surface area contributed by atoms with Crippen LogP contribution in [0.25, 0.3) is 0 Å². The standard InChI is InChI=1S/C14H18N2O2/c1-14(2,3)18-9-8-13(17)16-12-7-5-4-6-11(12)10-15/h4-7H,8-9H2,1-3H3,(H,16,17). The van der Waals surface area contributed by atoms with Crippen molar-refractivity contribution in [1.29, 1.82) is 5.26 Å². The van der Waals surface area contributed by atoms with Crippen LogP contribution >= 0.6 is 0 Å². The first-order valence-electron chi connectivity index (χ1n) is 5.85. The maximum absolute atomic E-state index is 11.7. The van der Waals surface area contributed by atoms with Gasteiger partial charge < -0.3 is 10.1 Å². The van der Waals surface area contributed by atoms with Crippen molar-refractivity contribution in [3.05, 3.63) is 29.8 Å². The van der Waals surface area contributed by atoms with Crippen LogP contribution in [0.15, 0.2) is 24.3 Å². The van der Waals surface area contributed by atoms with E-state index in [1.165, 1.54) is 0 Å². The number of nitrogens with zero attached hydrogens (tertiary/aromatic N) is 1. The third kappa shape index (κ3) is 4.98. The number of benzene rings is 1. The fraction of sp³-hybridized carbons (Fsp3) is 0.429. The summed E-state index contributed by atoms with van der Waals surface area (Å²) in [4.78, 5) is 11.7. The molecule has 1 amide bonds. The zero-order valence-corrected chi connectivity index (χ0v) is 11.0. The first-order valence-corrected chi connectivity index (χ1v) is 5.85. The summed E-state index contributed by atoms with van der Waals surface area (Å²) < 4.78 is 5.47. The summed E-state index contributed by atoms with van der Waals surface area (Å²) in [7, 11) is 0. The molecule has 0 saturated carbocycles. The monoisotopic (exact) mass is 246 g/mol. The Morgan fingerprint density at radius 1 is 1.39 bits per heavy atom. The summed E-state index contributed by atoms with van der Waals surface area (Å²) in [5, 5.41) is 11.6. The van der Waals surface area contributed by atoms with E-state index in [2.05, 4.69) is 5.32 Å². The maximum atomic E-state index is 11.7. The third-order valence-corrected chi connectivity index (χ3v) is 2.19. The van der Waals surface area contributed by atoms with Gasteiger partial charge in [-0.25, -0.2) is 0 Å². The van der Waals surface area contributed by atoms with Crippen molar-refractivity contribution in [2.45, 2.75) is 32.8 Å². The van der Waals surface area contributed by atoms with Crippen LogP contribution in [-0.2, 0) is 9.53 Å². The van der Waals surface area contributed by atoms with Crippen molar-refractivity contribution in [2.24, 2.45) is 0 Å². The lowest BCUT2D eigenvalue weighted by atomic mass is 10.2. The first-order chi connectivity index (χ1) is 8.42. The molecule has 0 saturated heterocycles. The number of ether oxygens (including phenoxy) is 1. The number of carbonyl (C=O) groups excluding carboxylic acids is 1. The van der Waals surface area contributed by atoms with Crippen LogP contribution < -0.4 is 5.32 Å². The molecule has 0 aliphatic heterocycles. The maximum Gasteiger partial charge on any atom is 0.226 e. The number of carbonyl (C=O) groups is 1. The highest BCUT2D eigenvalue weighted by molar-refractivity contribution is 5.92. The normalized spacial score (nSPS) is 10.8. The molecular formula is C14H18N2O2. The lowest BCUT2D eigenvalue weighted by molar-refractivity contribution is -0.118. The fourth-order valence-corrected chi connectivity index (χ4v) is 1.35. The number of amides is 1. The lowest BCUT2D eigenvalue weighted by Crippen LogP contribution is -2.22. The van der Waals surface area contributed by atoms with Crippen LogP contribution in [0.3, 0.4) is 0 Å². The molecular weight excluding hydrogens is 228 g/mol. The Morgan fingerprint density at radius 2 is 2.06 bits per heavy atom. The first kappa shape index (κ1) is 14.2. The van der Waals surface area contributed by atoms with Gasteiger partial charge >= 0.3 is 0 Å². The number of anilines is 1. The van der Waals surface area contributed by atoms with Gasteiger partial charge in [-0.15, -0.1) is 0 Å². The van der Waals surface area contributed by atoms with Gasteiger partial charge in [0, 0.05) is 0 Å². The molecule has 1 N–H and O–H groups in total. The smallest absolute Gasteiger partial charge is 0.226 e. The van der Waals surface area contributed by atoms with Crippen molar-refractivity contribution >= 4 is 11.6 Å². The number of hydrogen-bond acceptors (Lipinski definition) is 3. The zero-order chi connectivity index (χ0) is 13.6. The number of nitrogens with one attached hydrogen (secondary N) is 1. The Bertz CT molecular complexity index is 456. The van der Waals surface area contributed by atoms with Crippen molar-refractivity contribution in [3.8, 4) is 6.07 Å². The van der Waals surface area contributed by atoms with Gasteiger partial charge in [0.05, 0.1) is 29.9 Å². The van der Waals surface area contributed by atoms with Crippen molar-refractivity contribution in [1.82, 2.24) is 0 Å². The molecule has 0 heterocycles. The fourth-order valence-electron chi connectivity index (χ4n) is 1.35. The minimum absolute atomic E-state index is 0.151. The Labute approximate surface area is 108 Å². The van der Waals surface area contributed by atoms with Gasteiger partial charge in [0.15, 0.2) is 0 Å². The van der Waals surface area contributed by atoms with Gasteiger partial charge in [0.25, 0.3) is 0 Å².